The molecule has 0 aromatic rings. The number of rotatable bonds is 3. The van der Waals surface area contributed by atoms with Crippen molar-refractivity contribution >= 4 is 5.71 Å². The normalized spacial score (nSPS) is 14.9. The summed E-state index contributed by atoms with van der Waals surface area (Å²) in [6.07, 6.45) is 2.75. The van der Waals surface area contributed by atoms with Gasteiger partial charge < -0.3 is 11.1 Å². The van der Waals surface area contributed by atoms with Crippen LogP contribution in [0, 0.1) is 11.3 Å². The fraction of sp³-hybridized carbons (Fsp3) is 0.625. The molecule has 0 aliphatic carbocycles. The summed E-state index contributed by atoms with van der Waals surface area (Å²) >= 11 is 0. The van der Waals surface area contributed by atoms with E-state index < -0.39 is 0 Å². The Bertz CT molecular complexity index is 147. The summed E-state index contributed by atoms with van der Waals surface area (Å²) in [7, 11) is 0. The average Bonchev–Trinajstić information content (AvgIpc) is 1.85. The Balaban J connectivity index is 4.04. The van der Waals surface area contributed by atoms with Gasteiger partial charge in [-0.3, -0.25) is 0 Å². The average molecular weight is 140 g/mol. The maximum Gasteiger partial charge on any atom is 0.0300 e. The van der Waals surface area contributed by atoms with Crippen LogP contribution in [-0.4, -0.2) is 5.71 Å². The van der Waals surface area contributed by atoms with Gasteiger partial charge in [0.05, 0.1) is 0 Å². The fourth-order valence-electron chi connectivity index (χ4n) is 0.628. The molecular weight excluding hydrogens is 124 g/mol. The zero-order valence-electron chi connectivity index (χ0n) is 6.94. The van der Waals surface area contributed by atoms with Gasteiger partial charge in [0, 0.05) is 11.4 Å². The molecule has 10 heavy (non-hydrogen) atoms. The number of nitrogens with two attached hydrogens (primary N) is 1. The summed E-state index contributed by atoms with van der Waals surface area (Å²) in [6, 6.07) is 0. The fourth-order valence-corrected chi connectivity index (χ4v) is 0.628. The maximum absolute atomic E-state index is 7.14. The molecule has 0 aliphatic heterocycles. The van der Waals surface area contributed by atoms with E-state index in [0.717, 1.165) is 12.1 Å². The van der Waals surface area contributed by atoms with Crippen molar-refractivity contribution in [3.8, 4) is 0 Å². The van der Waals surface area contributed by atoms with Gasteiger partial charge in [-0.05, 0) is 25.3 Å². The van der Waals surface area contributed by atoms with Crippen LogP contribution in [-0.2, 0) is 0 Å². The number of allylic oxidation sites excluding steroid dienone is 2. The summed E-state index contributed by atoms with van der Waals surface area (Å²) in [4.78, 5) is 0. The van der Waals surface area contributed by atoms with Gasteiger partial charge in [-0.15, -0.1) is 0 Å². The van der Waals surface area contributed by atoms with Gasteiger partial charge in [-0.2, -0.15) is 0 Å². The highest BCUT2D eigenvalue weighted by atomic mass is 14.6. The molecule has 0 spiro atoms. The summed E-state index contributed by atoms with van der Waals surface area (Å²) in [5.41, 5.74) is 6.99. The van der Waals surface area contributed by atoms with E-state index in [-0.39, 0.29) is 0 Å². The van der Waals surface area contributed by atoms with Crippen LogP contribution in [0.2, 0.25) is 0 Å². The van der Waals surface area contributed by atoms with E-state index in [1.165, 1.54) is 0 Å². The maximum atomic E-state index is 7.14. The zero-order valence-corrected chi connectivity index (χ0v) is 6.94. The molecule has 3 N–H and O–H groups in total. The SMILES string of the molecule is CCC(C)/C(N)=C\C(C)=N. The van der Waals surface area contributed by atoms with E-state index in [9.17, 15) is 0 Å². The molecular formula is C8H16N2. The van der Waals surface area contributed by atoms with Crippen molar-refractivity contribution in [3.05, 3.63) is 11.8 Å². The van der Waals surface area contributed by atoms with Gasteiger partial charge in [0.25, 0.3) is 0 Å². The van der Waals surface area contributed by atoms with Gasteiger partial charge in [-0.25, -0.2) is 0 Å². The van der Waals surface area contributed by atoms with Crippen LogP contribution in [0.4, 0.5) is 0 Å². The number of hydrogen-bond acceptors (Lipinski definition) is 2. The summed E-state index contributed by atoms with van der Waals surface area (Å²) in [5.74, 6) is 0.403. The van der Waals surface area contributed by atoms with E-state index in [0.29, 0.717) is 11.6 Å². The first kappa shape index (κ1) is 9.21. The lowest BCUT2D eigenvalue weighted by atomic mass is 10.0. The van der Waals surface area contributed by atoms with Gasteiger partial charge in [-0.1, -0.05) is 13.8 Å². The molecule has 0 aromatic carbocycles. The molecule has 1 unspecified atom stereocenters. The van der Waals surface area contributed by atoms with Crippen LogP contribution >= 0.6 is 0 Å². The van der Waals surface area contributed by atoms with Gasteiger partial charge >= 0.3 is 0 Å². The van der Waals surface area contributed by atoms with Crippen molar-refractivity contribution in [1.29, 1.82) is 5.41 Å². The van der Waals surface area contributed by atoms with Gasteiger partial charge in [0.15, 0.2) is 0 Å². The molecule has 0 aromatic heterocycles. The molecule has 1 atom stereocenters. The molecule has 2 nitrogen and oxygen atoms in total. The second-order valence-electron chi connectivity index (χ2n) is 2.64. The predicted molar refractivity (Wildman–Crippen MR) is 45.1 cm³/mol. The minimum atomic E-state index is 0.403. The summed E-state index contributed by atoms with van der Waals surface area (Å²) in [5, 5.41) is 7.14. The van der Waals surface area contributed by atoms with Crippen LogP contribution in [0.15, 0.2) is 11.8 Å². The van der Waals surface area contributed by atoms with Crippen LogP contribution < -0.4 is 5.73 Å². The lowest BCUT2D eigenvalue weighted by molar-refractivity contribution is 0.648. The topological polar surface area (TPSA) is 49.9 Å². The second-order valence-corrected chi connectivity index (χ2v) is 2.64. The number of nitrogens with one attached hydrogen (secondary N) is 1. The third-order valence-corrected chi connectivity index (χ3v) is 1.56. The molecule has 0 radical (unpaired) electrons. The molecule has 58 valence electrons. The highest BCUT2D eigenvalue weighted by molar-refractivity contribution is 5.90. The van der Waals surface area contributed by atoms with Gasteiger partial charge in [0.2, 0.25) is 0 Å². The Hall–Kier alpha value is -0.790. The molecule has 0 amide bonds. The molecule has 0 bridgehead atoms. The van der Waals surface area contributed by atoms with Crippen molar-refractivity contribution in [2.75, 3.05) is 0 Å². The lowest BCUT2D eigenvalue weighted by Crippen LogP contribution is -2.08. The second kappa shape index (κ2) is 4.09. The van der Waals surface area contributed by atoms with Crippen LogP contribution in [0.3, 0.4) is 0 Å². The van der Waals surface area contributed by atoms with Crippen molar-refractivity contribution in [1.82, 2.24) is 0 Å². The highest BCUT2D eigenvalue weighted by Gasteiger charge is 2.00. The number of hydrogen-bond donors (Lipinski definition) is 2. The Morgan fingerprint density at radius 2 is 2.20 bits per heavy atom. The van der Waals surface area contributed by atoms with Crippen molar-refractivity contribution in [3.63, 3.8) is 0 Å². The quantitative estimate of drug-likeness (QED) is 0.578. The van der Waals surface area contributed by atoms with Crippen LogP contribution in [0.5, 0.6) is 0 Å². The minimum absolute atomic E-state index is 0.403. The van der Waals surface area contributed by atoms with E-state index in [2.05, 4.69) is 13.8 Å². The molecule has 0 heterocycles. The van der Waals surface area contributed by atoms with E-state index >= 15 is 0 Å². The minimum Gasteiger partial charge on any atom is -0.402 e. The first-order chi connectivity index (χ1) is 4.57. The Kier molecular flexibility index (Phi) is 3.77. The molecule has 0 rings (SSSR count). The molecule has 2 heteroatoms. The van der Waals surface area contributed by atoms with E-state index in [4.69, 9.17) is 11.1 Å². The monoisotopic (exact) mass is 140 g/mol. The van der Waals surface area contributed by atoms with E-state index in [1.807, 2.05) is 0 Å². The zero-order chi connectivity index (χ0) is 8.15. The van der Waals surface area contributed by atoms with Gasteiger partial charge in [0.1, 0.15) is 0 Å². The lowest BCUT2D eigenvalue weighted by Gasteiger charge is -2.07. The predicted octanol–water partition coefficient (Wildman–Crippen LogP) is 1.91. The Morgan fingerprint density at radius 3 is 2.50 bits per heavy atom. The molecule has 0 saturated heterocycles. The highest BCUT2D eigenvalue weighted by Crippen LogP contribution is 2.07. The smallest absolute Gasteiger partial charge is 0.0300 e. The Labute approximate surface area is 62.6 Å². The van der Waals surface area contributed by atoms with Crippen LogP contribution in [0.1, 0.15) is 27.2 Å². The third kappa shape index (κ3) is 3.28. The first-order valence-corrected chi connectivity index (χ1v) is 3.60. The summed E-state index contributed by atoms with van der Waals surface area (Å²) in [6.45, 7) is 5.88. The molecule has 0 aliphatic rings. The standard InChI is InChI=1S/C8H16N2/c1-4-6(2)8(10)5-7(3)9/h5-6,9H,4,10H2,1-3H3/b8-5+,9-7?. The largest absolute Gasteiger partial charge is 0.402 e. The van der Waals surface area contributed by atoms with E-state index in [1.54, 1.807) is 13.0 Å². The third-order valence-electron chi connectivity index (χ3n) is 1.56. The van der Waals surface area contributed by atoms with Crippen LogP contribution in [0.25, 0.3) is 0 Å². The van der Waals surface area contributed by atoms with Crippen molar-refractivity contribution in [2.24, 2.45) is 11.7 Å². The molecule has 0 saturated carbocycles. The molecule has 0 fully saturated rings. The Morgan fingerprint density at radius 1 is 1.70 bits per heavy atom. The summed E-state index contributed by atoms with van der Waals surface area (Å²) < 4.78 is 0. The van der Waals surface area contributed by atoms with Crippen molar-refractivity contribution < 1.29 is 0 Å². The first-order valence-electron chi connectivity index (χ1n) is 3.60. The van der Waals surface area contributed by atoms with Crippen molar-refractivity contribution in [2.45, 2.75) is 27.2 Å².